The number of carboxylic acids is 1. The van der Waals surface area contributed by atoms with Gasteiger partial charge in [-0.15, -0.1) is 0 Å². The lowest BCUT2D eigenvalue weighted by molar-refractivity contribution is -0.138. The van der Waals surface area contributed by atoms with Crippen LogP contribution >= 0.6 is 0 Å². The van der Waals surface area contributed by atoms with Crippen molar-refractivity contribution in [1.29, 1.82) is 0 Å². The summed E-state index contributed by atoms with van der Waals surface area (Å²) in [7, 11) is 0. The van der Waals surface area contributed by atoms with Crippen LogP contribution in [0.3, 0.4) is 0 Å². The molecule has 0 aliphatic heterocycles. The summed E-state index contributed by atoms with van der Waals surface area (Å²) in [5.41, 5.74) is 5.27. The second-order valence-electron chi connectivity index (χ2n) is 9.24. The summed E-state index contributed by atoms with van der Waals surface area (Å²) in [6.07, 6.45) is -0.469. The van der Waals surface area contributed by atoms with Crippen molar-refractivity contribution in [3.05, 3.63) is 0 Å². The molecule has 0 bridgehead atoms. The smallest absolute Gasteiger partial charge is 0.303 e. The molecule has 0 amide bonds. The molecule has 0 fully saturated rings. The molecule has 0 heterocycles. The Hall–Kier alpha value is -3.21. The zero-order valence-electron chi connectivity index (χ0n) is 21.9. The fraction of sp³-hybridized carbons (Fsp3) is 0.667. The van der Waals surface area contributed by atoms with Crippen LogP contribution in [0.2, 0.25) is 0 Å². The molecule has 0 radical (unpaired) electrons. The Kier molecular flexibility index (Phi) is 19.0. The van der Waals surface area contributed by atoms with Crippen LogP contribution in [0.15, 0.2) is 0 Å². The molecule has 0 unspecified atom stereocenters. The Morgan fingerprint density at radius 1 is 0.316 bits per heavy atom. The van der Waals surface area contributed by atoms with Crippen molar-refractivity contribution in [2.24, 2.45) is 5.73 Å². The third-order valence-electron chi connectivity index (χ3n) is 5.82. The number of rotatable bonds is 26. The van der Waals surface area contributed by atoms with Gasteiger partial charge in [0.05, 0.1) is 6.42 Å². The topological polar surface area (TPSA) is 200 Å². The van der Waals surface area contributed by atoms with E-state index in [0.717, 1.165) is 0 Å². The van der Waals surface area contributed by atoms with Gasteiger partial charge in [0, 0.05) is 103 Å². The first kappa shape index (κ1) is 34.8. The number of hydrogen-bond acceptors (Lipinski definition) is 10. The molecule has 11 heteroatoms. The summed E-state index contributed by atoms with van der Waals surface area (Å²) in [6.45, 7) is 0.233. The van der Waals surface area contributed by atoms with Crippen molar-refractivity contribution in [3.63, 3.8) is 0 Å². The van der Waals surface area contributed by atoms with E-state index in [4.69, 9.17) is 10.8 Å². The molecule has 0 aromatic heterocycles. The average Bonchev–Trinajstić information content (AvgIpc) is 2.87. The van der Waals surface area contributed by atoms with Gasteiger partial charge in [-0.1, -0.05) is 0 Å². The molecule has 0 aliphatic carbocycles. The summed E-state index contributed by atoms with van der Waals surface area (Å²) in [4.78, 5) is 104. The summed E-state index contributed by atoms with van der Waals surface area (Å²) < 4.78 is 0. The third-order valence-corrected chi connectivity index (χ3v) is 5.82. The van der Waals surface area contributed by atoms with Gasteiger partial charge in [0.15, 0.2) is 0 Å². The number of carboxylic acid groups (broad SMARTS) is 1. The Morgan fingerprint density at radius 3 is 0.632 bits per heavy atom. The van der Waals surface area contributed by atoms with E-state index < -0.39 is 5.97 Å². The van der Waals surface area contributed by atoms with E-state index in [1.165, 1.54) is 0 Å². The molecule has 0 aromatic rings. The maximum atomic E-state index is 12.0. The molecule has 0 aliphatic rings. The Bertz CT molecular complexity index is 890. The van der Waals surface area contributed by atoms with Crippen molar-refractivity contribution in [3.8, 4) is 0 Å². The third kappa shape index (κ3) is 20.9. The molecule has 0 saturated heterocycles. The quantitative estimate of drug-likeness (QED) is 0.164. The predicted octanol–water partition coefficient (Wildman–Crippen LogP) is 2.21. The molecule has 11 nitrogen and oxygen atoms in total. The monoisotopic (exact) mass is 537 g/mol. The fourth-order valence-electron chi connectivity index (χ4n) is 3.36. The lowest BCUT2D eigenvalue weighted by Gasteiger charge is -2.03. The first-order valence-electron chi connectivity index (χ1n) is 13.0. The van der Waals surface area contributed by atoms with Gasteiger partial charge in [-0.25, -0.2) is 0 Å². The van der Waals surface area contributed by atoms with Crippen molar-refractivity contribution < 1.29 is 48.3 Å². The predicted molar refractivity (Wildman–Crippen MR) is 135 cm³/mol. The van der Waals surface area contributed by atoms with Gasteiger partial charge in [0.1, 0.15) is 46.3 Å². The number of carbonyl (C=O) groups is 9. The molecule has 3 N–H and O–H groups in total. The van der Waals surface area contributed by atoms with Crippen LogP contribution in [-0.2, 0) is 43.2 Å². The molecule has 0 aromatic carbocycles. The average molecular weight is 538 g/mol. The van der Waals surface area contributed by atoms with E-state index in [0.29, 0.717) is 0 Å². The molecular weight excluding hydrogens is 498 g/mol. The van der Waals surface area contributed by atoms with Crippen molar-refractivity contribution in [2.45, 2.75) is 109 Å². The minimum Gasteiger partial charge on any atom is -0.481 e. The molecule has 0 atom stereocenters. The van der Waals surface area contributed by atoms with Gasteiger partial charge >= 0.3 is 5.97 Å². The molecule has 0 rings (SSSR count). The van der Waals surface area contributed by atoms with Crippen LogP contribution in [0.5, 0.6) is 0 Å². The standard InChI is InChI=1S/C27H39NO10/c28-18-17-26(36)14-13-24(34)10-9-22(32)6-5-20(30)2-1-19(29)3-4-21(31)7-8-23(33)11-12-25(35)15-16-27(37)38/h1-18,28H2,(H,37,38). The van der Waals surface area contributed by atoms with Gasteiger partial charge < -0.3 is 10.8 Å². The zero-order valence-corrected chi connectivity index (χ0v) is 21.9. The first-order chi connectivity index (χ1) is 17.9. The molecular formula is C27H39NO10. The summed E-state index contributed by atoms with van der Waals surface area (Å²) in [5.74, 6) is -3.04. The van der Waals surface area contributed by atoms with Crippen LogP contribution in [0.25, 0.3) is 0 Å². The Balaban J connectivity index is 3.93. The Labute approximate surface area is 222 Å². The van der Waals surface area contributed by atoms with Crippen LogP contribution in [-0.4, -0.2) is 63.9 Å². The fourth-order valence-corrected chi connectivity index (χ4v) is 3.36. The van der Waals surface area contributed by atoms with Crippen molar-refractivity contribution in [1.82, 2.24) is 0 Å². The van der Waals surface area contributed by atoms with Gasteiger partial charge in [-0.2, -0.15) is 0 Å². The van der Waals surface area contributed by atoms with Crippen LogP contribution in [0.4, 0.5) is 0 Å². The highest BCUT2D eigenvalue weighted by molar-refractivity contribution is 5.93. The molecule has 0 spiro atoms. The van der Waals surface area contributed by atoms with Gasteiger partial charge in [-0.05, 0) is 6.54 Å². The normalized spacial score (nSPS) is 10.6. The Morgan fingerprint density at radius 2 is 0.474 bits per heavy atom. The van der Waals surface area contributed by atoms with Crippen LogP contribution in [0.1, 0.15) is 109 Å². The first-order valence-corrected chi connectivity index (χ1v) is 13.0. The zero-order chi connectivity index (χ0) is 28.9. The lowest BCUT2D eigenvalue weighted by Crippen LogP contribution is -2.11. The number of nitrogens with two attached hydrogens (primary N) is 1. The number of Topliss-reactive ketones (excluding diaryl/α,β-unsaturated/α-hetero) is 8. The van der Waals surface area contributed by atoms with Crippen molar-refractivity contribution in [2.75, 3.05) is 6.54 Å². The van der Waals surface area contributed by atoms with Gasteiger partial charge in [0.2, 0.25) is 0 Å². The maximum Gasteiger partial charge on any atom is 0.303 e. The van der Waals surface area contributed by atoms with Gasteiger partial charge in [-0.3, -0.25) is 43.2 Å². The maximum absolute atomic E-state index is 12.0. The lowest BCUT2D eigenvalue weighted by atomic mass is 10.00. The van der Waals surface area contributed by atoms with E-state index in [2.05, 4.69) is 0 Å². The molecule has 38 heavy (non-hydrogen) atoms. The molecule has 212 valence electrons. The largest absolute Gasteiger partial charge is 0.481 e. The highest BCUT2D eigenvalue weighted by atomic mass is 16.4. The minimum atomic E-state index is -1.09. The van der Waals surface area contributed by atoms with E-state index in [1.54, 1.807) is 0 Å². The van der Waals surface area contributed by atoms with E-state index in [9.17, 15) is 43.2 Å². The number of carbonyl (C=O) groups excluding carboxylic acids is 8. The number of ketones is 8. The second kappa shape index (κ2) is 20.8. The van der Waals surface area contributed by atoms with Crippen LogP contribution < -0.4 is 5.73 Å². The minimum absolute atomic E-state index is 0.00175. The SMILES string of the molecule is NCCC(=O)CCC(=O)CCC(=O)CCC(=O)CCC(=O)CCC(=O)CCC(=O)CCC(=O)CCC(=O)O. The van der Waals surface area contributed by atoms with Gasteiger partial charge in [0.25, 0.3) is 0 Å². The summed E-state index contributed by atoms with van der Waals surface area (Å²) in [6, 6.07) is 0. The highest BCUT2D eigenvalue weighted by Crippen LogP contribution is 2.09. The second-order valence-corrected chi connectivity index (χ2v) is 9.24. The highest BCUT2D eigenvalue weighted by Gasteiger charge is 2.15. The summed E-state index contributed by atoms with van der Waals surface area (Å²) in [5, 5.41) is 8.52. The van der Waals surface area contributed by atoms with E-state index in [-0.39, 0.29) is 162 Å². The number of aliphatic carboxylic acids is 1. The van der Waals surface area contributed by atoms with Crippen molar-refractivity contribution >= 4 is 52.2 Å². The van der Waals surface area contributed by atoms with E-state index >= 15 is 0 Å². The number of hydrogen-bond donors (Lipinski definition) is 2. The van der Waals surface area contributed by atoms with E-state index in [1.807, 2.05) is 0 Å². The summed E-state index contributed by atoms with van der Waals surface area (Å²) >= 11 is 0. The molecule has 0 saturated carbocycles. The van der Waals surface area contributed by atoms with Crippen LogP contribution in [0, 0.1) is 0 Å².